The number of Topliss-reactive ketones (excluding diaryl/α,β-unsaturated/α-hetero) is 1. The molecular formula is C11H16N2OS. The summed E-state index contributed by atoms with van der Waals surface area (Å²) in [5.41, 5.74) is 5.56. The molecule has 0 aliphatic heterocycles. The summed E-state index contributed by atoms with van der Waals surface area (Å²) in [5.74, 6) is 0.0906. The fourth-order valence-electron chi connectivity index (χ4n) is 2.12. The first-order valence-corrected chi connectivity index (χ1v) is 6.20. The maximum atomic E-state index is 12.2. The molecule has 1 aliphatic carbocycles. The Morgan fingerprint density at radius 3 is 2.67 bits per heavy atom. The summed E-state index contributed by atoms with van der Waals surface area (Å²) in [7, 11) is 0. The van der Waals surface area contributed by atoms with E-state index in [2.05, 4.69) is 4.98 Å². The van der Waals surface area contributed by atoms with Gasteiger partial charge in [0.2, 0.25) is 0 Å². The van der Waals surface area contributed by atoms with Gasteiger partial charge >= 0.3 is 0 Å². The van der Waals surface area contributed by atoms with Crippen molar-refractivity contribution in [2.75, 3.05) is 0 Å². The van der Waals surface area contributed by atoms with Crippen LogP contribution in [0.15, 0.2) is 6.20 Å². The Morgan fingerprint density at radius 2 is 2.13 bits per heavy atom. The number of rotatable bonds is 2. The van der Waals surface area contributed by atoms with Crippen LogP contribution in [0.4, 0.5) is 0 Å². The second kappa shape index (κ2) is 4.02. The number of thiazole rings is 1. The second-order valence-corrected chi connectivity index (χ2v) is 5.52. The molecule has 1 saturated carbocycles. The zero-order valence-electron chi connectivity index (χ0n) is 8.95. The lowest BCUT2D eigenvalue weighted by Gasteiger charge is -2.31. The maximum absolute atomic E-state index is 12.2. The average Bonchev–Trinajstić information content (AvgIpc) is 2.65. The van der Waals surface area contributed by atoms with Gasteiger partial charge in [-0.05, 0) is 19.8 Å². The fourth-order valence-corrected chi connectivity index (χ4v) is 2.95. The predicted molar refractivity (Wildman–Crippen MR) is 61.2 cm³/mol. The van der Waals surface area contributed by atoms with E-state index < -0.39 is 5.54 Å². The molecule has 0 bridgehead atoms. The molecule has 0 aromatic carbocycles. The van der Waals surface area contributed by atoms with Gasteiger partial charge in [0.1, 0.15) is 0 Å². The van der Waals surface area contributed by atoms with Gasteiger partial charge in [-0.3, -0.25) is 4.79 Å². The summed E-state index contributed by atoms with van der Waals surface area (Å²) < 4.78 is 0. The summed E-state index contributed by atoms with van der Waals surface area (Å²) in [6.45, 7) is 1.91. The van der Waals surface area contributed by atoms with Gasteiger partial charge in [0.05, 0.1) is 15.4 Å². The predicted octanol–water partition coefficient (Wildman–Crippen LogP) is 2.30. The van der Waals surface area contributed by atoms with E-state index >= 15 is 0 Å². The number of aryl methyl sites for hydroxylation is 1. The molecule has 1 fully saturated rings. The molecule has 1 aromatic heterocycles. The highest BCUT2D eigenvalue weighted by Gasteiger charge is 2.36. The summed E-state index contributed by atoms with van der Waals surface area (Å²) in [4.78, 5) is 17.0. The minimum absolute atomic E-state index is 0.0906. The van der Waals surface area contributed by atoms with E-state index in [0.717, 1.165) is 35.6 Å². The van der Waals surface area contributed by atoms with Crippen LogP contribution in [-0.4, -0.2) is 16.3 Å². The van der Waals surface area contributed by atoms with Crippen molar-refractivity contribution in [1.29, 1.82) is 0 Å². The van der Waals surface area contributed by atoms with Crippen LogP contribution in [0.2, 0.25) is 0 Å². The number of carbonyl (C=O) groups excluding carboxylic acids is 1. The fraction of sp³-hybridized carbons (Fsp3) is 0.636. The van der Waals surface area contributed by atoms with Crippen molar-refractivity contribution in [3.8, 4) is 0 Å². The summed E-state index contributed by atoms with van der Waals surface area (Å²) in [6.07, 6.45) is 6.64. The minimum Gasteiger partial charge on any atom is -0.319 e. The molecule has 2 N–H and O–H groups in total. The lowest BCUT2D eigenvalue weighted by molar-refractivity contribution is 0.0852. The molecule has 2 rings (SSSR count). The third-order valence-corrected chi connectivity index (χ3v) is 3.95. The highest BCUT2D eigenvalue weighted by atomic mass is 32.1. The van der Waals surface area contributed by atoms with E-state index in [4.69, 9.17) is 5.73 Å². The van der Waals surface area contributed by atoms with Crippen LogP contribution >= 0.6 is 11.3 Å². The molecule has 0 unspecified atom stereocenters. The largest absolute Gasteiger partial charge is 0.319 e. The SMILES string of the molecule is Cc1ncc(C(=O)C2(N)CCCCC2)s1. The number of aromatic nitrogens is 1. The van der Waals surface area contributed by atoms with Gasteiger partial charge < -0.3 is 5.73 Å². The summed E-state index contributed by atoms with van der Waals surface area (Å²) in [5, 5.41) is 0.928. The van der Waals surface area contributed by atoms with Crippen LogP contribution in [0.3, 0.4) is 0 Å². The number of carbonyl (C=O) groups is 1. The smallest absolute Gasteiger partial charge is 0.194 e. The quantitative estimate of drug-likeness (QED) is 0.784. The molecule has 0 amide bonds. The Kier molecular flexibility index (Phi) is 2.89. The normalized spacial score (nSPS) is 20.1. The average molecular weight is 224 g/mol. The van der Waals surface area contributed by atoms with Crippen molar-refractivity contribution in [1.82, 2.24) is 4.98 Å². The molecule has 4 heteroatoms. The van der Waals surface area contributed by atoms with Crippen LogP contribution < -0.4 is 5.73 Å². The monoisotopic (exact) mass is 224 g/mol. The topological polar surface area (TPSA) is 56.0 Å². The van der Waals surface area contributed by atoms with Gasteiger partial charge in [-0.2, -0.15) is 0 Å². The molecule has 1 aliphatic rings. The first-order valence-electron chi connectivity index (χ1n) is 5.38. The first kappa shape index (κ1) is 10.8. The van der Waals surface area contributed by atoms with Gasteiger partial charge in [0.15, 0.2) is 5.78 Å². The molecule has 1 aromatic rings. The van der Waals surface area contributed by atoms with Gasteiger partial charge in [-0.25, -0.2) is 4.98 Å². The lowest BCUT2D eigenvalue weighted by Crippen LogP contribution is -2.49. The van der Waals surface area contributed by atoms with E-state index in [1.54, 1.807) is 6.20 Å². The molecule has 3 nitrogen and oxygen atoms in total. The molecule has 1 heterocycles. The van der Waals surface area contributed by atoms with Crippen molar-refractivity contribution in [2.45, 2.75) is 44.6 Å². The molecular weight excluding hydrogens is 208 g/mol. The highest BCUT2D eigenvalue weighted by Crippen LogP contribution is 2.30. The standard InChI is InChI=1S/C11H16N2OS/c1-8-13-7-9(15-8)10(14)11(12)5-3-2-4-6-11/h7H,2-6,12H2,1H3. The van der Waals surface area contributed by atoms with Crippen molar-refractivity contribution in [3.05, 3.63) is 16.1 Å². The van der Waals surface area contributed by atoms with Crippen LogP contribution in [-0.2, 0) is 0 Å². The van der Waals surface area contributed by atoms with E-state index in [-0.39, 0.29) is 5.78 Å². The Bertz CT molecular complexity index is 366. The van der Waals surface area contributed by atoms with E-state index in [1.807, 2.05) is 6.92 Å². The Hall–Kier alpha value is -0.740. The van der Waals surface area contributed by atoms with Crippen molar-refractivity contribution >= 4 is 17.1 Å². The third kappa shape index (κ3) is 2.11. The van der Waals surface area contributed by atoms with Crippen molar-refractivity contribution in [2.24, 2.45) is 5.73 Å². The zero-order chi connectivity index (χ0) is 10.9. The van der Waals surface area contributed by atoms with E-state index in [9.17, 15) is 4.79 Å². The first-order chi connectivity index (χ1) is 7.12. The maximum Gasteiger partial charge on any atom is 0.194 e. The highest BCUT2D eigenvalue weighted by molar-refractivity contribution is 7.13. The molecule has 0 atom stereocenters. The molecule has 0 radical (unpaired) electrons. The zero-order valence-corrected chi connectivity index (χ0v) is 9.77. The molecule has 0 spiro atoms. The van der Waals surface area contributed by atoms with Gasteiger partial charge in [0, 0.05) is 6.20 Å². The number of nitrogens with two attached hydrogens (primary N) is 1. The third-order valence-electron chi connectivity index (χ3n) is 3.04. The number of hydrogen-bond donors (Lipinski definition) is 1. The molecule has 15 heavy (non-hydrogen) atoms. The van der Waals surface area contributed by atoms with Gasteiger partial charge in [0.25, 0.3) is 0 Å². The van der Waals surface area contributed by atoms with Crippen molar-refractivity contribution < 1.29 is 4.79 Å². The summed E-state index contributed by atoms with van der Waals surface area (Å²) in [6, 6.07) is 0. The van der Waals surface area contributed by atoms with Crippen molar-refractivity contribution in [3.63, 3.8) is 0 Å². The van der Waals surface area contributed by atoms with Crippen LogP contribution in [0.1, 0.15) is 46.8 Å². The van der Waals surface area contributed by atoms with Gasteiger partial charge in [-0.1, -0.05) is 19.3 Å². The minimum atomic E-state index is -0.614. The van der Waals surface area contributed by atoms with Crippen LogP contribution in [0, 0.1) is 6.92 Å². The Balaban J connectivity index is 2.19. The van der Waals surface area contributed by atoms with Crippen LogP contribution in [0.25, 0.3) is 0 Å². The van der Waals surface area contributed by atoms with Crippen LogP contribution in [0.5, 0.6) is 0 Å². The number of nitrogens with zero attached hydrogens (tertiary/aromatic N) is 1. The molecule has 82 valence electrons. The lowest BCUT2D eigenvalue weighted by atomic mass is 9.79. The Morgan fingerprint density at radius 1 is 1.47 bits per heavy atom. The Labute approximate surface area is 93.7 Å². The van der Waals surface area contributed by atoms with Gasteiger partial charge in [-0.15, -0.1) is 11.3 Å². The number of hydrogen-bond acceptors (Lipinski definition) is 4. The number of ketones is 1. The van der Waals surface area contributed by atoms with E-state index in [1.165, 1.54) is 17.8 Å². The molecule has 0 saturated heterocycles. The van der Waals surface area contributed by atoms with E-state index in [0.29, 0.717) is 0 Å². The summed E-state index contributed by atoms with van der Waals surface area (Å²) >= 11 is 1.45. The second-order valence-electron chi connectivity index (χ2n) is 4.29.